The van der Waals surface area contributed by atoms with Crippen LogP contribution in [0.15, 0.2) is 247 Å². The fourth-order valence-electron chi connectivity index (χ4n) is 13.1. The van der Waals surface area contributed by atoms with E-state index in [1.165, 1.54) is 33.4 Å². The van der Waals surface area contributed by atoms with Crippen LogP contribution < -0.4 is 4.90 Å². The maximum absolute atomic E-state index is 6.76. The van der Waals surface area contributed by atoms with Gasteiger partial charge in [0.15, 0.2) is 28.9 Å². The zero-order valence-electron chi connectivity index (χ0n) is 42.7. The molecule has 2 aliphatic carbocycles. The minimum atomic E-state index is -0.763. The lowest BCUT2D eigenvalue weighted by atomic mass is 9.64. The maximum atomic E-state index is 6.76. The Hall–Kier alpha value is -10.1. The third-order valence-corrected chi connectivity index (χ3v) is 16.5. The van der Waals surface area contributed by atoms with E-state index in [0.29, 0.717) is 28.9 Å². The van der Waals surface area contributed by atoms with E-state index in [2.05, 4.69) is 207 Å². The monoisotopic (exact) mass is 998 g/mol. The van der Waals surface area contributed by atoms with Crippen LogP contribution in [-0.4, -0.2) is 24.9 Å². The van der Waals surface area contributed by atoms with Gasteiger partial charge in [-0.1, -0.05) is 208 Å². The van der Waals surface area contributed by atoms with Crippen LogP contribution in [0.3, 0.4) is 0 Å². The van der Waals surface area contributed by atoms with E-state index in [4.69, 9.17) is 29.3 Å². The molecule has 4 heterocycles. The minimum Gasteiger partial charge on any atom is -0.452 e. The molecular formula is C71H46N6O. The molecule has 0 atom stereocenters. The number of hydrogen-bond acceptors (Lipinski definition) is 7. The van der Waals surface area contributed by atoms with Crippen molar-refractivity contribution in [2.24, 2.45) is 0 Å². The van der Waals surface area contributed by atoms with Gasteiger partial charge in [-0.25, -0.2) is 24.9 Å². The van der Waals surface area contributed by atoms with E-state index in [1.807, 2.05) is 54.6 Å². The molecule has 1 aliphatic heterocycles. The largest absolute Gasteiger partial charge is 0.452 e. The van der Waals surface area contributed by atoms with Gasteiger partial charge in [0, 0.05) is 44.3 Å². The number of anilines is 3. The molecule has 78 heavy (non-hydrogen) atoms. The molecule has 0 saturated heterocycles. The Kier molecular flexibility index (Phi) is 9.46. The summed E-state index contributed by atoms with van der Waals surface area (Å²) in [6.07, 6.45) is 0. The van der Waals surface area contributed by atoms with Crippen molar-refractivity contribution in [3.63, 3.8) is 0 Å². The first-order chi connectivity index (χ1) is 38.4. The summed E-state index contributed by atoms with van der Waals surface area (Å²) < 4.78 is 6.76. The quantitative estimate of drug-likeness (QED) is 0.164. The summed E-state index contributed by atoms with van der Waals surface area (Å²) in [7, 11) is 0. The Labute approximate surface area is 450 Å². The third kappa shape index (κ3) is 6.30. The zero-order chi connectivity index (χ0) is 51.7. The molecule has 10 aromatic carbocycles. The lowest BCUT2D eigenvalue weighted by molar-refractivity contribution is 0.659. The second-order valence-electron chi connectivity index (χ2n) is 21.1. The van der Waals surface area contributed by atoms with Gasteiger partial charge < -0.3 is 9.32 Å². The van der Waals surface area contributed by atoms with E-state index in [1.54, 1.807) is 0 Å². The van der Waals surface area contributed by atoms with Crippen LogP contribution in [0.1, 0.15) is 47.2 Å². The van der Waals surface area contributed by atoms with Crippen molar-refractivity contribution in [3.05, 3.63) is 276 Å². The van der Waals surface area contributed by atoms with Crippen LogP contribution in [0.5, 0.6) is 0 Å². The third-order valence-electron chi connectivity index (χ3n) is 16.5. The Bertz CT molecular complexity index is 4500. The van der Waals surface area contributed by atoms with E-state index in [9.17, 15) is 0 Å². The Balaban J connectivity index is 0.976. The average Bonchev–Trinajstić information content (AvgIpc) is 4.26. The van der Waals surface area contributed by atoms with E-state index >= 15 is 0 Å². The van der Waals surface area contributed by atoms with Crippen molar-refractivity contribution in [2.45, 2.75) is 24.7 Å². The first kappa shape index (κ1) is 44.2. The number of hydrogen-bond donors (Lipinski definition) is 0. The fraction of sp³-hybridized carbons (Fsp3) is 0.0563. The first-order valence-corrected chi connectivity index (χ1v) is 26.6. The van der Waals surface area contributed by atoms with Gasteiger partial charge >= 0.3 is 0 Å². The average molecular weight is 999 g/mol. The molecule has 1 spiro atoms. The van der Waals surface area contributed by atoms with Gasteiger partial charge in [0.1, 0.15) is 16.8 Å². The molecule has 0 radical (unpaired) electrons. The van der Waals surface area contributed by atoms with E-state index < -0.39 is 5.41 Å². The molecule has 0 fully saturated rings. The molecule has 7 nitrogen and oxygen atoms in total. The topological polar surface area (TPSA) is 80.8 Å². The molecule has 13 aromatic rings. The fourth-order valence-corrected chi connectivity index (χ4v) is 13.1. The highest BCUT2D eigenvalue weighted by atomic mass is 16.3. The van der Waals surface area contributed by atoms with Crippen molar-refractivity contribution in [1.82, 2.24) is 24.9 Å². The lowest BCUT2D eigenvalue weighted by Gasteiger charge is -2.45. The number of para-hydroxylation sites is 4. The summed E-state index contributed by atoms with van der Waals surface area (Å²) in [6, 6.07) is 86.1. The molecule has 0 saturated carbocycles. The van der Waals surface area contributed by atoms with Gasteiger partial charge in [-0.2, -0.15) is 0 Å². The van der Waals surface area contributed by atoms with Gasteiger partial charge in [-0.05, 0) is 104 Å². The standard InChI is InChI=1S/C71H46N6O/c1-70(2)53-30-14-12-27-48(53)49-39-37-45(42-58(49)70)63-65-64(50-28-13-19-36-61(50)78-65)73-68(72-63)46-38-40-54-52(41-46)62-51(69-75-66(43-21-6-3-7-22-43)74-67(76-69)44-23-8-4-9-24-44)29-20-33-57(62)71(54)55-31-15-17-34-59(55)77(47-25-10-5-11-26-47)60-35-18-16-32-56(60)71/h3-42H,1-2H3. The Morgan fingerprint density at radius 3 is 1.63 bits per heavy atom. The van der Waals surface area contributed by atoms with Crippen molar-refractivity contribution in [1.29, 1.82) is 0 Å². The van der Waals surface area contributed by atoms with Crippen LogP contribution in [0.25, 0.3) is 101 Å². The predicted octanol–water partition coefficient (Wildman–Crippen LogP) is 17.3. The van der Waals surface area contributed by atoms with Crippen molar-refractivity contribution < 1.29 is 4.42 Å². The van der Waals surface area contributed by atoms with Crippen molar-refractivity contribution in [2.75, 3.05) is 4.90 Å². The highest BCUT2D eigenvalue weighted by molar-refractivity contribution is 6.08. The van der Waals surface area contributed by atoms with Gasteiger partial charge in [-0.3, -0.25) is 0 Å². The first-order valence-electron chi connectivity index (χ1n) is 26.6. The van der Waals surface area contributed by atoms with Crippen LogP contribution >= 0.6 is 0 Å². The molecule has 0 amide bonds. The molecule has 0 unspecified atom stereocenters. The second-order valence-corrected chi connectivity index (χ2v) is 21.1. The van der Waals surface area contributed by atoms with Gasteiger partial charge in [0.2, 0.25) is 0 Å². The summed E-state index contributed by atoms with van der Waals surface area (Å²) >= 11 is 0. The van der Waals surface area contributed by atoms with Crippen molar-refractivity contribution in [3.8, 4) is 79.1 Å². The number of furan rings is 1. The van der Waals surface area contributed by atoms with Crippen molar-refractivity contribution >= 4 is 39.1 Å². The molecule has 3 aromatic heterocycles. The molecule has 7 heteroatoms. The SMILES string of the molecule is CC1(C)c2ccccc2-c2ccc(-c3nc(-c4ccc5c(c4)-c4c(-c6nc(-c7ccccc7)nc(-c7ccccc7)n6)cccc4C54c5ccccc5N(c5ccccc5)c5ccccc54)nc4c3oc3ccccc34)cc21. The zero-order valence-corrected chi connectivity index (χ0v) is 42.7. The highest BCUT2D eigenvalue weighted by Crippen LogP contribution is 2.65. The normalized spacial score (nSPS) is 13.9. The Morgan fingerprint density at radius 2 is 0.910 bits per heavy atom. The molecule has 0 N–H and O–H groups in total. The van der Waals surface area contributed by atoms with Gasteiger partial charge in [0.05, 0.1) is 16.8 Å². The molecular weight excluding hydrogens is 953 g/mol. The second kappa shape index (κ2) is 16.7. The maximum Gasteiger partial charge on any atom is 0.180 e. The van der Waals surface area contributed by atoms with Gasteiger partial charge in [0.25, 0.3) is 0 Å². The molecule has 366 valence electrons. The van der Waals surface area contributed by atoms with Gasteiger partial charge in [-0.15, -0.1) is 0 Å². The lowest BCUT2D eigenvalue weighted by Crippen LogP contribution is -2.36. The number of fused-ring (bicyclic) bond motifs is 15. The van der Waals surface area contributed by atoms with Crippen LogP contribution in [0, 0.1) is 0 Å². The molecule has 16 rings (SSSR count). The van der Waals surface area contributed by atoms with Crippen LogP contribution in [0.4, 0.5) is 17.1 Å². The molecule has 3 aliphatic rings. The summed E-state index contributed by atoms with van der Waals surface area (Å²) in [6.45, 7) is 4.63. The highest BCUT2D eigenvalue weighted by Gasteiger charge is 2.52. The minimum absolute atomic E-state index is 0.206. The molecule has 0 bridgehead atoms. The van der Waals surface area contributed by atoms with E-state index in [0.717, 1.165) is 89.3 Å². The summed E-state index contributed by atoms with van der Waals surface area (Å²) in [5.74, 6) is 2.40. The van der Waals surface area contributed by atoms with Crippen LogP contribution in [0.2, 0.25) is 0 Å². The smallest absolute Gasteiger partial charge is 0.180 e. The number of benzene rings is 10. The number of nitrogens with zero attached hydrogens (tertiary/aromatic N) is 6. The number of rotatable bonds is 6. The Morgan fingerprint density at radius 1 is 0.359 bits per heavy atom. The summed E-state index contributed by atoms with van der Waals surface area (Å²) in [5, 5.41) is 0.940. The summed E-state index contributed by atoms with van der Waals surface area (Å²) in [5.41, 5.74) is 21.7. The van der Waals surface area contributed by atoms with Crippen LogP contribution in [-0.2, 0) is 10.8 Å². The predicted molar refractivity (Wildman–Crippen MR) is 313 cm³/mol. The summed E-state index contributed by atoms with van der Waals surface area (Å²) in [4.78, 5) is 29.4. The number of aromatic nitrogens is 5. The van der Waals surface area contributed by atoms with E-state index in [-0.39, 0.29) is 5.41 Å².